The van der Waals surface area contributed by atoms with Crippen LogP contribution in [0.3, 0.4) is 0 Å². The minimum Gasteiger partial charge on any atom is -0.481 e. The van der Waals surface area contributed by atoms with Crippen LogP contribution >= 0.6 is 11.8 Å². The summed E-state index contributed by atoms with van der Waals surface area (Å²) in [4.78, 5) is 33.9. The molecule has 0 aliphatic heterocycles. The number of amides is 3. The van der Waals surface area contributed by atoms with Crippen LogP contribution in [0.25, 0.3) is 0 Å². The van der Waals surface area contributed by atoms with Gasteiger partial charge in [0.1, 0.15) is 0 Å². The summed E-state index contributed by atoms with van der Waals surface area (Å²) in [6.45, 7) is 3.41. The molecule has 0 aromatic heterocycles. The molecule has 7 heteroatoms. The van der Waals surface area contributed by atoms with E-state index >= 15 is 0 Å². The molecule has 6 nitrogen and oxygen atoms in total. The zero-order valence-corrected chi connectivity index (χ0v) is 13.8. The van der Waals surface area contributed by atoms with Crippen LogP contribution in [-0.2, 0) is 9.59 Å². The lowest BCUT2D eigenvalue weighted by Crippen LogP contribution is -2.42. The Kier molecular flexibility index (Phi) is 9.86. The molecule has 0 atom stereocenters. The molecule has 122 valence electrons. The second-order valence-electron chi connectivity index (χ2n) is 5.58. The first-order chi connectivity index (χ1) is 9.79. The average molecular weight is 318 g/mol. The summed E-state index contributed by atoms with van der Waals surface area (Å²) in [7, 11) is 0. The van der Waals surface area contributed by atoms with Crippen LogP contribution in [0.5, 0.6) is 0 Å². The van der Waals surface area contributed by atoms with Gasteiger partial charge in [0.15, 0.2) is 0 Å². The summed E-state index contributed by atoms with van der Waals surface area (Å²) in [6, 6.07) is -0.565. The third-order valence-corrected chi connectivity index (χ3v) is 3.69. The van der Waals surface area contributed by atoms with Gasteiger partial charge in [-0.3, -0.25) is 14.9 Å². The Hall–Kier alpha value is -1.24. The standard InChI is InChI=1S/C14H26N2O4S/c1-14(2,12(18)19)10-11(17)16-13(20)15-8-6-4-5-7-9-21-3/h4-10H2,1-3H3,(H,18,19)(H2,15,16,17,20). The Morgan fingerprint density at radius 1 is 1.10 bits per heavy atom. The third-order valence-electron chi connectivity index (χ3n) is 3.00. The number of aliphatic carboxylic acids is 1. The van der Waals surface area contributed by atoms with Crippen molar-refractivity contribution in [3.05, 3.63) is 0 Å². The molecule has 0 bridgehead atoms. The van der Waals surface area contributed by atoms with Crippen LogP contribution < -0.4 is 10.6 Å². The first-order valence-electron chi connectivity index (χ1n) is 7.09. The Bertz CT molecular complexity index is 359. The number of hydrogen-bond acceptors (Lipinski definition) is 4. The van der Waals surface area contributed by atoms with Crippen molar-refractivity contribution in [2.75, 3.05) is 18.6 Å². The number of carbonyl (C=O) groups is 3. The summed E-state index contributed by atoms with van der Waals surface area (Å²) in [5.41, 5.74) is -1.18. The van der Waals surface area contributed by atoms with Crippen molar-refractivity contribution in [3.8, 4) is 0 Å². The van der Waals surface area contributed by atoms with Gasteiger partial charge in [-0.15, -0.1) is 0 Å². The molecule has 0 aliphatic carbocycles. The number of imide groups is 1. The molecule has 0 saturated carbocycles. The zero-order valence-electron chi connectivity index (χ0n) is 13.0. The van der Waals surface area contributed by atoms with Crippen LogP contribution in [0.15, 0.2) is 0 Å². The lowest BCUT2D eigenvalue weighted by Gasteiger charge is -2.17. The molecule has 0 aromatic carbocycles. The van der Waals surface area contributed by atoms with Gasteiger partial charge in [-0.1, -0.05) is 12.8 Å². The number of carboxylic acid groups (broad SMARTS) is 1. The first-order valence-corrected chi connectivity index (χ1v) is 8.49. The highest BCUT2D eigenvalue weighted by Gasteiger charge is 2.30. The Balaban J connectivity index is 3.75. The van der Waals surface area contributed by atoms with Crippen molar-refractivity contribution in [1.29, 1.82) is 0 Å². The van der Waals surface area contributed by atoms with Gasteiger partial charge in [-0.2, -0.15) is 11.8 Å². The fourth-order valence-electron chi connectivity index (χ4n) is 1.62. The largest absolute Gasteiger partial charge is 0.481 e. The minimum absolute atomic E-state index is 0.232. The fraction of sp³-hybridized carbons (Fsp3) is 0.786. The van der Waals surface area contributed by atoms with E-state index in [-0.39, 0.29) is 6.42 Å². The van der Waals surface area contributed by atoms with Crippen molar-refractivity contribution in [2.45, 2.75) is 46.0 Å². The van der Waals surface area contributed by atoms with Gasteiger partial charge in [-0.25, -0.2) is 4.79 Å². The molecular weight excluding hydrogens is 292 g/mol. The van der Waals surface area contributed by atoms with E-state index in [1.807, 2.05) is 11.8 Å². The number of urea groups is 1. The quantitative estimate of drug-likeness (QED) is 0.537. The van der Waals surface area contributed by atoms with Gasteiger partial charge in [0.25, 0.3) is 0 Å². The highest BCUT2D eigenvalue weighted by Crippen LogP contribution is 2.19. The molecule has 21 heavy (non-hydrogen) atoms. The molecule has 0 aliphatic rings. The van der Waals surface area contributed by atoms with E-state index in [4.69, 9.17) is 5.11 Å². The smallest absolute Gasteiger partial charge is 0.321 e. The topological polar surface area (TPSA) is 95.5 Å². The summed E-state index contributed by atoms with van der Waals surface area (Å²) in [5, 5.41) is 13.6. The molecule has 0 fully saturated rings. The molecule has 0 aromatic rings. The van der Waals surface area contributed by atoms with E-state index < -0.39 is 23.3 Å². The van der Waals surface area contributed by atoms with Crippen molar-refractivity contribution in [3.63, 3.8) is 0 Å². The second-order valence-corrected chi connectivity index (χ2v) is 6.56. The molecule has 0 spiro atoms. The van der Waals surface area contributed by atoms with E-state index in [2.05, 4.69) is 16.9 Å². The van der Waals surface area contributed by atoms with Gasteiger partial charge in [-0.05, 0) is 38.7 Å². The van der Waals surface area contributed by atoms with Crippen molar-refractivity contribution in [1.82, 2.24) is 10.6 Å². The van der Waals surface area contributed by atoms with Gasteiger partial charge in [0.2, 0.25) is 5.91 Å². The fourth-order valence-corrected chi connectivity index (χ4v) is 2.11. The molecule has 3 N–H and O–H groups in total. The van der Waals surface area contributed by atoms with E-state index in [0.717, 1.165) is 25.0 Å². The predicted octanol–water partition coefficient (Wildman–Crippen LogP) is 2.24. The highest BCUT2D eigenvalue weighted by atomic mass is 32.2. The average Bonchev–Trinajstić information content (AvgIpc) is 2.36. The van der Waals surface area contributed by atoms with Gasteiger partial charge in [0.05, 0.1) is 5.41 Å². The second kappa shape index (κ2) is 10.5. The molecule has 0 heterocycles. The van der Waals surface area contributed by atoms with Crippen LogP contribution in [-0.4, -0.2) is 41.6 Å². The first kappa shape index (κ1) is 19.8. The maximum absolute atomic E-state index is 11.5. The normalized spacial score (nSPS) is 11.0. The minimum atomic E-state index is -1.18. The summed E-state index contributed by atoms with van der Waals surface area (Å²) in [6.07, 6.45) is 6.07. The molecule has 0 saturated heterocycles. The Morgan fingerprint density at radius 3 is 2.29 bits per heavy atom. The molecule has 0 unspecified atom stereocenters. The number of nitrogens with one attached hydrogen (secondary N) is 2. The number of carbonyl (C=O) groups excluding carboxylic acids is 2. The van der Waals surface area contributed by atoms with Crippen LogP contribution in [0.1, 0.15) is 46.0 Å². The Morgan fingerprint density at radius 2 is 1.71 bits per heavy atom. The van der Waals surface area contributed by atoms with Crippen molar-refractivity contribution >= 4 is 29.7 Å². The van der Waals surface area contributed by atoms with Gasteiger partial charge < -0.3 is 10.4 Å². The molecule has 3 amide bonds. The van der Waals surface area contributed by atoms with Crippen LogP contribution in [0, 0.1) is 5.41 Å². The SMILES string of the molecule is CSCCCCCCNC(=O)NC(=O)CC(C)(C)C(=O)O. The number of carboxylic acids is 1. The van der Waals surface area contributed by atoms with E-state index in [0.29, 0.717) is 6.54 Å². The van der Waals surface area contributed by atoms with Crippen molar-refractivity contribution in [2.24, 2.45) is 5.41 Å². The van der Waals surface area contributed by atoms with E-state index in [1.54, 1.807) is 0 Å². The summed E-state index contributed by atoms with van der Waals surface area (Å²) < 4.78 is 0. The lowest BCUT2D eigenvalue weighted by atomic mass is 9.89. The zero-order chi connectivity index (χ0) is 16.3. The number of hydrogen-bond donors (Lipinski definition) is 3. The van der Waals surface area contributed by atoms with Crippen LogP contribution in [0.2, 0.25) is 0 Å². The third kappa shape index (κ3) is 10.2. The van der Waals surface area contributed by atoms with E-state index in [1.165, 1.54) is 20.3 Å². The monoisotopic (exact) mass is 318 g/mol. The summed E-state index contributed by atoms with van der Waals surface area (Å²) in [5.74, 6) is -0.495. The van der Waals surface area contributed by atoms with Crippen LogP contribution in [0.4, 0.5) is 4.79 Å². The number of rotatable bonds is 10. The molecule has 0 rings (SSSR count). The maximum Gasteiger partial charge on any atom is 0.321 e. The maximum atomic E-state index is 11.5. The highest BCUT2D eigenvalue weighted by molar-refractivity contribution is 7.98. The Labute approximate surface area is 130 Å². The molecule has 0 radical (unpaired) electrons. The predicted molar refractivity (Wildman–Crippen MR) is 84.4 cm³/mol. The van der Waals surface area contributed by atoms with Gasteiger partial charge >= 0.3 is 12.0 Å². The van der Waals surface area contributed by atoms with Gasteiger partial charge in [0, 0.05) is 13.0 Å². The number of thioether (sulfide) groups is 1. The molecular formula is C14H26N2O4S. The lowest BCUT2D eigenvalue weighted by molar-refractivity contribution is -0.149. The number of unbranched alkanes of at least 4 members (excludes halogenated alkanes) is 3. The summed E-state index contributed by atoms with van der Waals surface area (Å²) >= 11 is 1.82. The van der Waals surface area contributed by atoms with Crippen molar-refractivity contribution < 1.29 is 19.5 Å². The van der Waals surface area contributed by atoms with E-state index in [9.17, 15) is 14.4 Å².